The highest BCUT2D eigenvalue weighted by Gasteiger charge is 2.14. The van der Waals surface area contributed by atoms with Crippen LogP contribution in [0.1, 0.15) is 0 Å². The van der Waals surface area contributed by atoms with Gasteiger partial charge in [0.1, 0.15) is 0 Å². The summed E-state index contributed by atoms with van der Waals surface area (Å²) in [6, 6.07) is 14.2. The number of carbonyl (C=O) groups excluding carboxylic acids is 1. The van der Waals surface area contributed by atoms with E-state index in [1.165, 1.54) is 0 Å². The van der Waals surface area contributed by atoms with Gasteiger partial charge in [-0.25, -0.2) is 14.8 Å². The maximum atomic E-state index is 12.2. The van der Waals surface area contributed by atoms with Crippen LogP contribution in [0.4, 0.5) is 16.2 Å². The Kier molecular flexibility index (Phi) is 3.79. The van der Waals surface area contributed by atoms with Crippen molar-refractivity contribution in [2.24, 2.45) is 0 Å². The Morgan fingerprint density at radius 1 is 1.00 bits per heavy atom. The zero-order valence-corrected chi connectivity index (χ0v) is 14.6. The van der Waals surface area contributed by atoms with Gasteiger partial charge in [0.25, 0.3) is 0 Å². The maximum absolute atomic E-state index is 12.2. The van der Waals surface area contributed by atoms with Crippen molar-refractivity contribution < 1.29 is 14.3 Å². The third kappa shape index (κ3) is 3.07. The van der Waals surface area contributed by atoms with Gasteiger partial charge in [0.15, 0.2) is 11.5 Å². The number of nitrogens with zero attached hydrogens (tertiary/aromatic N) is 3. The summed E-state index contributed by atoms with van der Waals surface area (Å²) in [6.45, 7) is 0.194. The average Bonchev–Trinajstić information content (AvgIpc) is 3.34. The van der Waals surface area contributed by atoms with Crippen LogP contribution in [0.15, 0.2) is 67.1 Å². The number of nitrogens with one attached hydrogen (secondary N) is 2. The summed E-state index contributed by atoms with van der Waals surface area (Å²) in [5.74, 6) is 1.93. The Bertz CT molecular complexity index is 1140. The number of hydrogen-bond donors (Lipinski definition) is 2. The van der Waals surface area contributed by atoms with Crippen molar-refractivity contribution in [2.75, 3.05) is 17.4 Å². The molecule has 0 saturated carbocycles. The van der Waals surface area contributed by atoms with E-state index in [9.17, 15) is 4.79 Å². The zero-order valence-electron chi connectivity index (χ0n) is 14.6. The number of rotatable bonds is 3. The van der Waals surface area contributed by atoms with Crippen LogP contribution in [0, 0.1) is 0 Å². The molecule has 0 radical (unpaired) electrons. The van der Waals surface area contributed by atoms with Crippen LogP contribution in [0.2, 0.25) is 0 Å². The summed E-state index contributed by atoms with van der Waals surface area (Å²) in [6.07, 6.45) is 5.52. The molecule has 8 nitrogen and oxygen atoms in total. The van der Waals surface area contributed by atoms with E-state index in [1.54, 1.807) is 24.4 Å². The molecule has 0 bridgehead atoms. The molecule has 0 spiro atoms. The third-order valence-electron chi connectivity index (χ3n) is 4.30. The van der Waals surface area contributed by atoms with Gasteiger partial charge in [-0.2, -0.15) is 0 Å². The monoisotopic (exact) mass is 373 g/mol. The summed E-state index contributed by atoms with van der Waals surface area (Å²) in [7, 11) is 0. The molecule has 0 fully saturated rings. The normalized spacial score (nSPS) is 12.1. The number of benzene rings is 2. The zero-order chi connectivity index (χ0) is 18.9. The Labute approximate surface area is 159 Å². The molecule has 1 aliphatic heterocycles. The second kappa shape index (κ2) is 6.58. The van der Waals surface area contributed by atoms with Gasteiger partial charge < -0.3 is 20.1 Å². The molecule has 4 aromatic rings. The van der Waals surface area contributed by atoms with E-state index in [4.69, 9.17) is 9.47 Å². The van der Waals surface area contributed by atoms with Gasteiger partial charge in [0.05, 0.1) is 5.69 Å². The second-order valence-electron chi connectivity index (χ2n) is 6.18. The lowest BCUT2D eigenvalue weighted by molar-refractivity contribution is 0.174. The van der Waals surface area contributed by atoms with E-state index in [2.05, 4.69) is 20.6 Å². The Hall–Kier alpha value is -4.07. The van der Waals surface area contributed by atoms with Gasteiger partial charge in [0, 0.05) is 41.6 Å². The number of urea groups is 1. The van der Waals surface area contributed by atoms with Crippen molar-refractivity contribution >= 4 is 23.2 Å². The molecular formula is C20H15N5O3. The van der Waals surface area contributed by atoms with Gasteiger partial charge >= 0.3 is 6.03 Å². The maximum Gasteiger partial charge on any atom is 0.323 e. The van der Waals surface area contributed by atoms with Crippen molar-refractivity contribution in [3.8, 4) is 22.8 Å². The first-order chi connectivity index (χ1) is 13.7. The van der Waals surface area contributed by atoms with Gasteiger partial charge in [-0.3, -0.25) is 4.40 Å². The highest BCUT2D eigenvalue weighted by atomic mass is 16.7. The summed E-state index contributed by atoms with van der Waals surface area (Å²) < 4.78 is 12.4. The summed E-state index contributed by atoms with van der Waals surface area (Å²) >= 11 is 0. The fraction of sp³-hybridized carbons (Fsp3) is 0.0500. The Morgan fingerprint density at radius 3 is 2.64 bits per heavy atom. The van der Waals surface area contributed by atoms with Crippen LogP contribution in [0.3, 0.4) is 0 Å². The summed E-state index contributed by atoms with van der Waals surface area (Å²) in [4.78, 5) is 20.9. The summed E-state index contributed by atoms with van der Waals surface area (Å²) in [5, 5.41) is 5.58. The number of aromatic nitrogens is 3. The number of carbonyl (C=O) groups is 1. The number of amides is 2. The molecule has 0 aliphatic carbocycles. The number of imidazole rings is 1. The Balaban J connectivity index is 1.27. The molecule has 5 rings (SSSR count). The third-order valence-corrected chi connectivity index (χ3v) is 4.30. The first kappa shape index (κ1) is 16.1. The molecule has 0 atom stereocenters. The van der Waals surface area contributed by atoms with E-state index in [0.29, 0.717) is 28.7 Å². The summed E-state index contributed by atoms with van der Waals surface area (Å²) in [5.41, 5.74) is 3.04. The van der Waals surface area contributed by atoms with E-state index < -0.39 is 0 Å². The van der Waals surface area contributed by atoms with Crippen molar-refractivity contribution in [1.82, 2.24) is 14.4 Å². The fourth-order valence-corrected chi connectivity index (χ4v) is 2.96. The first-order valence-corrected chi connectivity index (χ1v) is 8.62. The quantitative estimate of drug-likeness (QED) is 0.571. The number of fused-ring (bicyclic) bond motifs is 2. The van der Waals surface area contributed by atoms with Crippen LogP contribution < -0.4 is 20.1 Å². The predicted octanol–water partition coefficient (Wildman–Crippen LogP) is 3.77. The molecule has 3 heterocycles. The number of ether oxygens (including phenoxy) is 2. The molecular weight excluding hydrogens is 358 g/mol. The first-order valence-electron chi connectivity index (χ1n) is 8.62. The second-order valence-corrected chi connectivity index (χ2v) is 6.18. The number of hydrogen-bond acceptors (Lipinski definition) is 5. The molecule has 8 heteroatoms. The Morgan fingerprint density at radius 2 is 1.79 bits per heavy atom. The molecule has 2 aromatic carbocycles. The van der Waals surface area contributed by atoms with Crippen LogP contribution in [-0.4, -0.2) is 27.2 Å². The highest BCUT2D eigenvalue weighted by molar-refractivity contribution is 6.00. The van der Waals surface area contributed by atoms with Gasteiger partial charge in [-0.05, 0) is 30.3 Å². The van der Waals surface area contributed by atoms with E-state index in [0.717, 1.165) is 11.3 Å². The lowest BCUT2D eigenvalue weighted by atomic mass is 10.1. The molecule has 138 valence electrons. The van der Waals surface area contributed by atoms with Crippen molar-refractivity contribution in [2.45, 2.75) is 0 Å². The topological polar surface area (TPSA) is 89.8 Å². The van der Waals surface area contributed by atoms with Crippen LogP contribution in [0.5, 0.6) is 11.5 Å². The van der Waals surface area contributed by atoms with E-state index in [1.807, 2.05) is 47.1 Å². The minimum atomic E-state index is -0.344. The largest absolute Gasteiger partial charge is 0.454 e. The van der Waals surface area contributed by atoms with Crippen LogP contribution in [0.25, 0.3) is 17.0 Å². The van der Waals surface area contributed by atoms with Crippen molar-refractivity contribution in [3.05, 3.63) is 67.1 Å². The SMILES string of the molecule is O=C(Nc1ccc(-c2cn3cccnc3n2)cc1)Nc1ccc2c(c1)OCO2. The molecule has 0 saturated heterocycles. The molecule has 0 unspecified atom stereocenters. The van der Waals surface area contributed by atoms with E-state index in [-0.39, 0.29) is 12.8 Å². The van der Waals surface area contributed by atoms with Gasteiger partial charge in [-0.15, -0.1) is 0 Å². The van der Waals surface area contributed by atoms with Gasteiger partial charge in [-0.1, -0.05) is 12.1 Å². The lowest BCUT2D eigenvalue weighted by Crippen LogP contribution is -2.19. The minimum absolute atomic E-state index is 0.194. The van der Waals surface area contributed by atoms with Crippen molar-refractivity contribution in [3.63, 3.8) is 0 Å². The fourth-order valence-electron chi connectivity index (χ4n) is 2.96. The minimum Gasteiger partial charge on any atom is -0.454 e. The smallest absolute Gasteiger partial charge is 0.323 e. The van der Waals surface area contributed by atoms with Crippen LogP contribution in [-0.2, 0) is 0 Å². The van der Waals surface area contributed by atoms with E-state index >= 15 is 0 Å². The molecule has 2 N–H and O–H groups in total. The molecule has 1 aliphatic rings. The predicted molar refractivity (Wildman–Crippen MR) is 104 cm³/mol. The lowest BCUT2D eigenvalue weighted by Gasteiger charge is -2.08. The van der Waals surface area contributed by atoms with Gasteiger partial charge in [0.2, 0.25) is 12.6 Å². The molecule has 28 heavy (non-hydrogen) atoms. The highest BCUT2D eigenvalue weighted by Crippen LogP contribution is 2.34. The van der Waals surface area contributed by atoms with Crippen LogP contribution >= 0.6 is 0 Å². The molecule has 2 amide bonds. The average molecular weight is 373 g/mol. The standard InChI is InChI=1S/C20H15N5O3/c26-20(23-15-6-7-17-18(10-15)28-12-27-17)22-14-4-2-13(3-5-14)16-11-25-9-1-8-21-19(25)24-16/h1-11H,12H2,(H2,22,23,26). The molecule has 2 aromatic heterocycles. The number of anilines is 2. The van der Waals surface area contributed by atoms with Crippen molar-refractivity contribution in [1.29, 1.82) is 0 Å².